The fraction of sp³-hybridized carbons (Fsp3) is 0.235. The molecule has 26 heavy (non-hydrogen) atoms. The summed E-state index contributed by atoms with van der Waals surface area (Å²) in [5.41, 5.74) is 0.165. The van der Waals surface area contributed by atoms with Crippen molar-refractivity contribution in [2.24, 2.45) is 0 Å². The van der Waals surface area contributed by atoms with Gasteiger partial charge in [0.05, 0.1) is 12.0 Å². The number of carbonyl (C=O) groups excluding carboxylic acids is 1. The molecule has 0 heterocycles. The maximum atomic E-state index is 12.5. The number of alkyl halides is 6. The van der Waals surface area contributed by atoms with E-state index in [1.807, 2.05) is 0 Å². The van der Waals surface area contributed by atoms with Gasteiger partial charge < -0.3 is 10.1 Å². The number of ether oxygens (including phenoxy) is 1. The van der Waals surface area contributed by atoms with Crippen molar-refractivity contribution >= 4 is 5.91 Å². The first-order chi connectivity index (χ1) is 12.0. The molecule has 1 amide bonds. The molecular formula is C17H13F6NO2. The molecular weight excluding hydrogens is 364 g/mol. The van der Waals surface area contributed by atoms with Gasteiger partial charge in [0.25, 0.3) is 0 Å². The molecule has 0 unspecified atom stereocenters. The first kappa shape index (κ1) is 19.6. The molecule has 9 heteroatoms. The third kappa shape index (κ3) is 6.30. The first-order valence-corrected chi connectivity index (χ1v) is 7.30. The Kier molecular flexibility index (Phi) is 5.79. The molecule has 2 aromatic carbocycles. The van der Waals surface area contributed by atoms with Gasteiger partial charge in [-0.05, 0) is 35.4 Å². The van der Waals surface area contributed by atoms with Gasteiger partial charge in [0.1, 0.15) is 5.75 Å². The summed E-state index contributed by atoms with van der Waals surface area (Å²) < 4.78 is 77.2. The summed E-state index contributed by atoms with van der Waals surface area (Å²) in [5, 5.41) is 2.53. The lowest BCUT2D eigenvalue weighted by atomic mass is 10.1. The van der Waals surface area contributed by atoms with Crippen LogP contribution in [0, 0.1) is 0 Å². The van der Waals surface area contributed by atoms with E-state index < -0.39 is 29.8 Å². The van der Waals surface area contributed by atoms with Crippen molar-refractivity contribution < 1.29 is 35.9 Å². The number of halogens is 6. The highest BCUT2D eigenvalue weighted by Gasteiger charge is 2.31. The van der Waals surface area contributed by atoms with E-state index in [1.165, 1.54) is 24.3 Å². The molecule has 0 atom stereocenters. The Balaban J connectivity index is 1.85. The highest BCUT2D eigenvalue weighted by molar-refractivity contribution is 5.78. The van der Waals surface area contributed by atoms with Crippen LogP contribution in [-0.4, -0.2) is 12.3 Å². The van der Waals surface area contributed by atoms with E-state index in [0.29, 0.717) is 11.1 Å². The van der Waals surface area contributed by atoms with Gasteiger partial charge in [-0.15, -0.1) is 13.2 Å². The minimum atomic E-state index is -4.79. The number of benzene rings is 2. The van der Waals surface area contributed by atoms with Gasteiger partial charge in [-0.1, -0.05) is 24.3 Å². The highest BCUT2D eigenvalue weighted by atomic mass is 19.4. The normalized spacial score (nSPS) is 11.9. The Hall–Kier alpha value is -2.71. The maximum Gasteiger partial charge on any atom is 0.573 e. The van der Waals surface area contributed by atoms with Crippen molar-refractivity contribution in [1.82, 2.24) is 5.32 Å². The van der Waals surface area contributed by atoms with Crippen LogP contribution in [0.5, 0.6) is 5.75 Å². The molecule has 140 valence electrons. The van der Waals surface area contributed by atoms with Gasteiger partial charge in [-0.25, -0.2) is 0 Å². The van der Waals surface area contributed by atoms with Crippen molar-refractivity contribution in [2.45, 2.75) is 25.5 Å². The van der Waals surface area contributed by atoms with Crippen LogP contribution < -0.4 is 10.1 Å². The Morgan fingerprint density at radius 1 is 0.846 bits per heavy atom. The van der Waals surface area contributed by atoms with Crippen LogP contribution >= 0.6 is 0 Å². The molecule has 0 fully saturated rings. The maximum absolute atomic E-state index is 12.5. The topological polar surface area (TPSA) is 38.3 Å². The molecule has 1 N–H and O–H groups in total. The summed E-state index contributed by atoms with van der Waals surface area (Å²) in [6.45, 7) is 0.0340. The fourth-order valence-electron chi connectivity index (χ4n) is 2.07. The molecule has 0 saturated heterocycles. The number of carbonyl (C=O) groups is 1. The summed E-state index contributed by atoms with van der Waals surface area (Å²) in [5.74, 6) is -0.819. The predicted molar refractivity (Wildman–Crippen MR) is 80.1 cm³/mol. The third-order valence-corrected chi connectivity index (χ3v) is 3.29. The largest absolute Gasteiger partial charge is 0.573 e. The summed E-state index contributed by atoms with van der Waals surface area (Å²) in [6.07, 6.45) is -9.31. The number of hydrogen-bond donors (Lipinski definition) is 1. The van der Waals surface area contributed by atoms with Crippen LogP contribution in [0.25, 0.3) is 0 Å². The van der Waals surface area contributed by atoms with Crippen LogP contribution in [0.2, 0.25) is 0 Å². The van der Waals surface area contributed by atoms with Gasteiger partial charge in [-0.3, -0.25) is 4.79 Å². The lowest BCUT2D eigenvalue weighted by Crippen LogP contribution is -2.24. The van der Waals surface area contributed by atoms with E-state index in [2.05, 4.69) is 10.1 Å². The Bertz CT molecular complexity index is 736. The van der Waals surface area contributed by atoms with E-state index in [4.69, 9.17) is 0 Å². The van der Waals surface area contributed by atoms with E-state index in [9.17, 15) is 31.1 Å². The van der Waals surface area contributed by atoms with Crippen molar-refractivity contribution in [3.63, 3.8) is 0 Å². The SMILES string of the molecule is O=C(Cc1ccc(OC(F)(F)F)cc1)NCc1ccc(C(F)(F)F)cc1. The molecule has 0 aliphatic carbocycles. The molecule has 0 aromatic heterocycles. The lowest BCUT2D eigenvalue weighted by Gasteiger charge is -2.10. The van der Waals surface area contributed by atoms with E-state index in [-0.39, 0.29) is 13.0 Å². The monoisotopic (exact) mass is 377 g/mol. The van der Waals surface area contributed by atoms with Crippen LogP contribution in [0.4, 0.5) is 26.3 Å². The molecule has 0 spiro atoms. The predicted octanol–water partition coefficient (Wildman–Crippen LogP) is 4.46. The second-order valence-electron chi connectivity index (χ2n) is 5.34. The van der Waals surface area contributed by atoms with Crippen LogP contribution in [-0.2, 0) is 23.9 Å². The van der Waals surface area contributed by atoms with E-state index in [0.717, 1.165) is 24.3 Å². The van der Waals surface area contributed by atoms with Crippen molar-refractivity contribution in [1.29, 1.82) is 0 Å². The summed E-state index contributed by atoms with van der Waals surface area (Å²) in [6, 6.07) is 9.16. The van der Waals surface area contributed by atoms with Gasteiger partial charge in [-0.2, -0.15) is 13.2 Å². The van der Waals surface area contributed by atoms with Gasteiger partial charge in [0.15, 0.2) is 0 Å². The number of nitrogens with one attached hydrogen (secondary N) is 1. The molecule has 0 radical (unpaired) electrons. The lowest BCUT2D eigenvalue weighted by molar-refractivity contribution is -0.274. The molecule has 0 aliphatic heterocycles. The Morgan fingerprint density at radius 3 is 1.88 bits per heavy atom. The number of amides is 1. The number of hydrogen-bond acceptors (Lipinski definition) is 2. The standard InChI is InChI=1S/C17H13F6NO2/c18-16(19,20)13-5-1-12(2-6-13)10-24-15(25)9-11-3-7-14(8-4-11)26-17(21,22)23/h1-8H,9-10H2,(H,24,25). The van der Waals surface area contributed by atoms with Crippen molar-refractivity contribution in [3.8, 4) is 5.75 Å². The minimum Gasteiger partial charge on any atom is -0.406 e. The molecule has 0 saturated carbocycles. The second-order valence-corrected chi connectivity index (χ2v) is 5.34. The summed E-state index contributed by atoms with van der Waals surface area (Å²) >= 11 is 0. The molecule has 0 aliphatic rings. The molecule has 2 aromatic rings. The highest BCUT2D eigenvalue weighted by Crippen LogP contribution is 2.29. The van der Waals surface area contributed by atoms with Crippen LogP contribution in [0.1, 0.15) is 16.7 Å². The Labute approximate surface area is 144 Å². The summed E-state index contributed by atoms with van der Waals surface area (Å²) in [7, 11) is 0. The van der Waals surface area contributed by atoms with Crippen molar-refractivity contribution in [2.75, 3.05) is 0 Å². The van der Waals surface area contributed by atoms with Crippen LogP contribution in [0.3, 0.4) is 0 Å². The van der Waals surface area contributed by atoms with E-state index in [1.54, 1.807) is 0 Å². The zero-order valence-electron chi connectivity index (χ0n) is 13.1. The summed E-state index contributed by atoms with van der Waals surface area (Å²) in [4.78, 5) is 11.8. The average molecular weight is 377 g/mol. The molecule has 0 bridgehead atoms. The third-order valence-electron chi connectivity index (χ3n) is 3.29. The van der Waals surface area contributed by atoms with Gasteiger partial charge >= 0.3 is 12.5 Å². The fourth-order valence-corrected chi connectivity index (χ4v) is 2.07. The zero-order chi connectivity index (χ0) is 19.4. The average Bonchev–Trinajstić information content (AvgIpc) is 2.53. The van der Waals surface area contributed by atoms with Crippen LogP contribution in [0.15, 0.2) is 48.5 Å². The van der Waals surface area contributed by atoms with Gasteiger partial charge in [0.2, 0.25) is 5.91 Å². The quantitative estimate of drug-likeness (QED) is 0.782. The molecule has 2 rings (SSSR count). The Morgan fingerprint density at radius 2 is 1.38 bits per heavy atom. The smallest absolute Gasteiger partial charge is 0.406 e. The van der Waals surface area contributed by atoms with Gasteiger partial charge in [0, 0.05) is 6.54 Å². The van der Waals surface area contributed by atoms with E-state index >= 15 is 0 Å². The minimum absolute atomic E-state index is 0.0340. The second kappa shape index (κ2) is 7.67. The number of rotatable bonds is 5. The molecule has 3 nitrogen and oxygen atoms in total. The zero-order valence-corrected chi connectivity index (χ0v) is 13.1. The van der Waals surface area contributed by atoms with Crippen molar-refractivity contribution in [3.05, 3.63) is 65.2 Å². The first-order valence-electron chi connectivity index (χ1n) is 7.30.